The summed E-state index contributed by atoms with van der Waals surface area (Å²) in [5, 5.41) is 0. The van der Waals surface area contributed by atoms with Crippen molar-refractivity contribution in [3.8, 4) is 0 Å². The quantitative estimate of drug-likeness (QED) is 0.590. The fourth-order valence-electron chi connectivity index (χ4n) is 3.39. The highest BCUT2D eigenvalue weighted by molar-refractivity contribution is 7.99. The van der Waals surface area contributed by atoms with Crippen LogP contribution in [0.2, 0.25) is 0 Å². The van der Waals surface area contributed by atoms with E-state index in [0.717, 1.165) is 47.8 Å². The predicted molar refractivity (Wildman–Crippen MR) is 104 cm³/mol. The summed E-state index contributed by atoms with van der Waals surface area (Å²) in [7, 11) is 0. The standard InChI is InChI=1S/C21H21FN2O2S/c22-16-5-7-17(8-6-16)27-14-11-20(25)24-12-9-15(10-13-24)21-23-18-3-1-2-4-19(18)26-21/h1-8,15H,9-14H2. The van der Waals surface area contributed by atoms with Crippen LogP contribution in [-0.2, 0) is 4.79 Å². The highest BCUT2D eigenvalue weighted by atomic mass is 32.2. The third kappa shape index (κ3) is 4.33. The number of rotatable bonds is 5. The van der Waals surface area contributed by atoms with Crippen LogP contribution in [0.5, 0.6) is 0 Å². The van der Waals surface area contributed by atoms with E-state index < -0.39 is 0 Å². The maximum atomic E-state index is 12.9. The number of aromatic nitrogens is 1. The number of benzene rings is 2. The lowest BCUT2D eigenvalue weighted by Gasteiger charge is -2.30. The van der Waals surface area contributed by atoms with Crippen molar-refractivity contribution in [2.24, 2.45) is 0 Å². The van der Waals surface area contributed by atoms with Gasteiger partial charge in [0.2, 0.25) is 5.91 Å². The molecule has 1 saturated heterocycles. The van der Waals surface area contributed by atoms with Gasteiger partial charge in [-0.25, -0.2) is 9.37 Å². The van der Waals surface area contributed by atoms with Gasteiger partial charge in [0.25, 0.3) is 0 Å². The Morgan fingerprint density at radius 1 is 1.15 bits per heavy atom. The smallest absolute Gasteiger partial charge is 0.223 e. The van der Waals surface area contributed by atoms with Gasteiger partial charge in [0.15, 0.2) is 11.5 Å². The van der Waals surface area contributed by atoms with Gasteiger partial charge in [-0.3, -0.25) is 4.79 Å². The molecule has 1 fully saturated rings. The summed E-state index contributed by atoms with van der Waals surface area (Å²) < 4.78 is 18.8. The number of piperidine rings is 1. The van der Waals surface area contributed by atoms with Crippen molar-refractivity contribution < 1.29 is 13.6 Å². The van der Waals surface area contributed by atoms with E-state index in [9.17, 15) is 9.18 Å². The monoisotopic (exact) mass is 384 g/mol. The number of carbonyl (C=O) groups is 1. The maximum absolute atomic E-state index is 12.9. The molecule has 4 nitrogen and oxygen atoms in total. The minimum Gasteiger partial charge on any atom is -0.440 e. The summed E-state index contributed by atoms with van der Waals surface area (Å²) in [6, 6.07) is 14.2. The lowest BCUT2D eigenvalue weighted by atomic mass is 9.96. The van der Waals surface area contributed by atoms with Crippen molar-refractivity contribution in [3.63, 3.8) is 0 Å². The first-order valence-corrected chi connectivity index (χ1v) is 10.2. The molecule has 0 radical (unpaired) electrons. The summed E-state index contributed by atoms with van der Waals surface area (Å²) in [6.45, 7) is 1.48. The van der Waals surface area contributed by atoms with Crippen molar-refractivity contribution in [1.82, 2.24) is 9.88 Å². The number of hydrogen-bond acceptors (Lipinski definition) is 4. The number of likely N-dealkylation sites (tertiary alicyclic amines) is 1. The second kappa shape index (κ2) is 8.13. The van der Waals surface area contributed by atoms with E-state index in [1.54, 1.807) is 23.9 Å². The highest BCUT2D eigenvalue weighted by Crippen LogP contribution is 2.30. The topological polar surface area (TPSA) is 46.3 Å². The number of para-hydroxylation sites is 2. The molecule has 1 aliphatic heterocycles. The number of thioether (sulfide) groups is 1. The zero-order valence-corrected chi connectivity index (χ0v) is 15.8. The van der Waals surface area contributed by atoms with Gasteiger partial charge in [0, 0.05) is 36.1 Å². The van der Waals surface area contributed by atoms with Crippen LogP contribution < -0.4 is 0 Å². The summed E-state index contributed by atoms with van der Waals surface area (Å²) in [4.78, 5) is 20.0. The van der Waals surface area contributed by atoms with Gasteiger partial charge >= 0.3 is 0 Å². The van der Waals surface area contributed by atoms with Crippen molar-refractivity contribution in [2.45, 2.75) is 30.1 Å². The van der Waals surface area contributed by atoms with Gasteiger partial charge in [-0.15, -0.1) is 11.8 Å². The zero-order valence-electron chi connectivity index (χ0n) is 14.9. The van der Waals surface area contributed by atoms with Crippen LogP contribution >= 0.6 is 11.8 Å². The molecule has 0 unspecified atom stereocenters. The number of halogens is 1. The van der Waals surface area contributed by atoms with E-state index in [0.29, 0.717) is 12.2 Å². The second-order valence-corrected chi connectivity index (χ2v) is 7.90. The Bertz CT molecular complexity index is 884. The van der Waals surface area contributed by atoms with Crippen molar-refractivity contribution in [1.29, 1.82) is 0 Å². The van der Waals surface area contributed by atoms with Crippen molar-refractivity contribution in [3.05, 3.63) is 60.2 Å². The number of oxazole rings is 1. The first kappa shape index (κ1) is 18.0. The summed E-state index contributed by atoms with van der Waals surface area (Å²) in [6.07, 6.45) is 2.25. The number of hydrogen-bond donors (Lipinski definition) is 0. The first-order valence-electron chi connectivity index (χ1n) is 9.20. The second-order valence-electron chi connectivity index (χ2n) is 6.73. The van der Waals surface area contributed by atoms with E-state index in [4.69, 9.17) is 4.42 Å². The summed E-state index contributed by atoms with van der Waals surface area (Å²) in [5.74, 6) is 1.71. The molecule has 6 heteroatoms. The van der Waals surface area contributed by atoms with E-state index in [-0.39, 0.29) is 17.6 Å². The number of amides is 1. The van der Waals surface area contributed by atoms with Crippen LogP contribution in [0, 0.1) is 5.82 Å². The molecule has 1 aliphatic rings. The molecule has 0 saturated carbocycles. The largest absolute Gasteiger partial charge is 0.440 e. The van der Waals surface area contributed by atoms with Crippen molar-refractivity contribution in [2.75, 3.05) is 18.8 Å². The molecule has 0 atom stereocenters. The Morgan fingerprint density at radius 3 is 2.63 bits per heavy atom. The van der Waals surface area contributed by atoms with Crippen LogP contribution in [0.25, 0.3) is 11.1 Å². The van der Waals surface area contributed by atoms with Crippen LogP contribution in [0.3, 0.4) is 0 Å². The molecule has 1 aromatic heterocycles. The Morgan fingerprint density at radius 2 is 1.89 bits per heavy atom. The molecule has 2 aromatic carbocycles. The fraction of sp³-hybridized carbons (Fsp3) is 0.333. The minimum atomic E-state index is -0.239. The normalized spacial score (nSPS) is 15.4. The minimum absolute atomic E-state index is 0.181. The predicted octanol–water partition coefficient (Wildman–Crippen LogP) is 4.86. The number of fused-ring (bicyclic) bond motifs is 1. The highest BCUT2D eigenvalue weighted by Gasteiger charge is 2.26. The Balaban J connectivity index is 1.25. The molecule has 1 amide bonds. The number of nitrogens with zero attached hydrogens (tertiary/aromatic N) is 2. The third-order valence-electron chi connectivity index (χ3n) is 4.91. The van der Waals surface area contributed by atoms with Crippen LogP contribution in [-0.4, -0.2) is 34.6 Å². The summed E-state index contributed by atoms with van der Waals surface area (Å²) >= 11 is 1.58. The molecule has 0 bridgehead atoms. The zero-order chi connectivity index (χ0) is 18.6. The van der Waals surface area contributed by atoms with E-state index in [1.807, 2.05) is 29.2 Å². The van der Waals surface area contributed by atoms with Gasteiger partial charge in [-0.05, 0) is 49.2 Å². The lowest BCUT2D eigenvalue weighted by molar-refractivity contribution is -0.131. The molecule has 0 N–H and O–H groups in total. The fourth-order valence-corrected chi connectivity index (χ4v) is 4.23. The van der Waals surface area contributed by atoms with E-state index in [2.05, 4.69) is 4.98 Å². The van der Waals surface area contributed by atoms with Gasteiger partial charge < -0.3 is 9.32 Å². The Labute approximate surface area is 161 Å². The van der Waals surface area contributed by atoms with E-state index in [1.165, 1.54) is 12.1 Å². The molecule has 0 spiro atoms. The maximum Gasteiger partial charge on any atom is 0.223 e. The first-order chi connectivity index (χ1) is 13.2. The van der Waals surface area contributed by atoms with Crippen molar-refractivity contribution >= 4 is 28.8 Å². The van der Waals surface area contributed by atoms with Gasteiger partial charge in [-0.2, -0.15) is 0 Å². The van der Waals surface area contributed by atoms with Gasteiger partial charge in [0.1, 0.15) is 11.3 Å². The molecular weight excluding hydrogens is 363 g/mol. The average molecular weight is 384 g/mol. The van der Waals surface area contributed by atoms with Crippen LogP contribution in [0.15, 0.2) is 57.8 Å². The molecular formula is C21H21FN2O2S. The van der Waals surface area contributed by atoms with Crippen LogP contribution in [0.1, 0.15) is 31.1 Å². The average Bonchev–Trinajstić information content (AvgIpc) is 3.14. The molecule has 27 heavy (non-hydrogen) atoms. The Hall–Kier alpha value is -2.34. The molecule has 4 rings (SSSR count). The van der Waals surface area contributed by atoms with Gasteiger partial charge in [-0.1, -0.05) is 12.1 Å². The molecule has 3 aromatic rings. The SMILES string of the molecule is O=C(CCSc1ccc(F)cc1)N1CCC(c2nc3ccccc3o2)CC1. The van der Waals surface area contributed by atoms with Gasteiger partial charge in [0.05, 0.1) is 0 Å². The third-order valence-corrected chi connectivity index (χ3v) is 5.92. The van der Waals surface area contributed by atoms with E-state index >= 15 is 0 Å². The van der Waals surface area contributed by atoms with Crippen LogP contribution in [0.4, 0.5) is 4.39 Å². The molecule has 2 heterocycles. The molecule has 0 aliphatic carbocycles. The summed E-state index contributed by atoms with van der Waals surface area (Å²) in [5.41, 5.74) is 1.72. The number of carbonyl (C=O) groups excluding carboxylic acids is 1. The lowest BCUT2D eigenvalue weighted by Crippen LogP contribution is -2.38. The Kier molecular flexibility index (Phi) is 5.43. The molecule has 140 valence electrons.